The second-order valence-corrected chi connectivity index (χ2v) is 6.27. The van der Waals surface area contributed by atoms with Gasteiger partial charge in [0.25, 0.3) is 5.91 Å². The number of nitrogens with one attached hydrogen (secondary N) is 1. The van der Waals surface area contributed by atoms with Crippen molar-refractivity contribution in [3.63, 3.8) is 0 Å². The maximum Gasteiger partial charge on any atom is 0.337 e. The second kappa shape index (κ2) is 7.90. The summed E-state index contributed by atoms with van der Waals surface area (Å²) in [7, 11) is 0. The Bertz CT molecular complexity index is 731. The van der Waals surface area contributed by atoms with Gasteiger partial charge < -0.3 is 10.4 Å². The normalized spacial score (nSPS) is 17.8. The fourth-order valence-corrected chi connectivity index (χ4v) is 3.07. The van der Waals surface area contributed by atoms with Gasteiger partial charge in [0, 0.05) is 25.3 Å². The quantitative estimate of drug-likeness (QED) is 0.872. The molecule has 0 spiro atoms. The summed E-state index contributed by atoms with van der Waals surface area (Å²) in [6.45, 7) is 2.69. The molecule has 0 bridgehead atoms. The van der Waals surface area contributed by atoms with Crippen molar-refractivity contribution in [1.82, 2.24) is 15.2 Å². The van der Waals surface area contributed by atoms with Crippen molar-refractivity contribution in [2.24, 2.45) is 0 Å². The summed E-state index contributed by atoms with van der Waals surface area (Å²) in [6.07, 6.45) is 3.17. The maximum atomic E-state index is 12.3. The molecule has 1 aliphatic rings. The average molecular weight is 339 g/mol. The molecule has 1 unspecified atom stereocenters. The van der Waals surface area contributed by atoms with Gasteiger partial charge in [-0.25, -0.2) is 4.79 Å². The standard InChI is InChI=1S/C19H21N3O3/c23-18(17-9-8-15(11-20-17)19(24)25)21-16-7-4-10-22(13-16)12-14-5-2-1-3-6-14/h1-3,5-6,8-9,11,16H,4,7,10,12-13H2,(H,21,23)(H,24,25). The van der Waals surface area contributed by atoms with Crippen molar-refractivity contribution < 1.29 is 14.7 Å². The van der Waals surface area contributed by atoms with Crippen LogP contribution in [0.2, 0.25) is 0 Å². The van der Waals surface area contributed by atoms with Crippen molar-refractivity contribution in [2.75, 3.05) is 13.1 Å². The highest BCUT2D eigenvalue weighted by atomic mass is 16.4. The Morgan fingerprint density at radius 2 is 2.00 bits per heavy atom. The third-order valence-corrected chi connectivity index (χ3v) is 4.33. The van der Waals surface area contributed by atoms with Gasteiger partial charge in [-0.05, 0) is 37.1 Å². The molecule has 6 heteroatoms. The number of carbonyl (C=O) groups is 2. The van der Waals surface area contributed by atoms with E-state index in [9.17, 15) is 9.59 Å². The lowest BCUT2D eigenvalue weighted by molar-refractivity contribution is 0.0695. The molecule has 2 N–H and O–H groups in total. The number of likely N-dealkylation sites (tertiary alicyclic amines) is 1. The summed E-state index contributed by atoms with van der Waals surface area (Å²) in [5, 5.41) is 11.9. The minimum atomic E-state index is -1.05. The van der Waals surface area contributed by atoms with Gasteiger partial charge in [-0.1, -0.05) is 30.3 Å². The molecule has 2 heterocycles. The van der Waals surface area contributed by atoms with Crippen molar-refractivity contribution in [3.05, 3.63) is 65.5 Å². The van der Waals surface area contributed by atoms with Gasteiger partial charge in [0.1, 0.15) is 5.69 Å². The highest BCUT2D eigenvalue weighted by molar-refractivity contribution is 5.93. The number of pyridine rings is 1. The molecule has 1 saturated heterocycles. The summed E-state index contributed by atoms with van der Waals surface area (Å²) in [5.41, 5.74) is 1.58. The van der Waals surface area contributed by atoms with Gasteiger partial charge in [-0.3, -0.25) is 14.7 Å². The van der Waals surface area contributed by atoms with Crippen LogP contribution < -0.4 is 5.32 Å². The molecule has 2 aromatic rings. The van der Waals surface area contributed by atoms with Crippen LogP contribution in [-0.4, -0.2) is 46.0 Å². The molecule has 1 aromatic heterocycles. The Kier molecular flexibility index (Phi) is 5.40. The van der Waals surface area contributed by atoms with E-state index < -0.39 is 5.97 Å². The Morgan fingerprint density at radius 1 is 1.20 bits per heavy atom. The molecule has 0 aliphatic carbocycles. The molecule has 3 rings (SSSR count). The molecular weight excluding hydrogens is 318 g/mol. The number of amides is 1. The number of hydrogen-bond acceptors (Lipinski definition) is 4. The minimum Gasteiger partial charge on any atom is -0.478 e. The highest BCUT2D eigenvalue weighted by Crippen LogP contribution is 2.14. The molecule has 0 saturated carbocycles. The lowest BCUT2D eigenvalue weighted by Crippen LogP contribution is -2.47. The van der Waals surface area contributed by atoms with Crippen LogP contribution in [-0.2, 0) is 6.54 Å². The van der Waals surface area contributed by atoms with Gasteiger partial charge in [0.2, 0.25) is 0 Å². The van der Waals surface area contributed by atoms with E-state index in [0.29, 0.717) is 0 Å². The molecule has 1 amide bonds. The number of carboxylic acid groups (broad SMARTS) is 1. The molecule has 25 heavy (non-hydrogen) atoms. The molecule has 1 aliphatic heterocycles. The van der Waals surface area contributed by atoms with Crippen LogP contribution in [0.25, 0.3) is 0 Å². The zero-order chi connectivity index (χ0) is 17.6. The van der Waals surface area contributed by atoms with Crippen LogP contribution in [0, 0.1) is 0 Å². The molecule has 130 valence electrons. The van der Waals surface area contributed by atoms with Crippen LogP contribution in [0.1, 0.15) is 39.3 Å². The zero-order valence-corrected chi connectivity index (χ0v) is 13.9. The SMILES string of the molecule is O=C(O)c1ccc(C(=O)NC2CCCN(Cc3ccccc3)C2)nc1. The van der Waals surface area contributed by atoms with Crippen LogP contribution in [0.3, 0.4) is 0 Å². The number of hydrogen-bond donors (Lipinski definition) is 2. The van der Waals surface area contributed by atoms with E-state index >= 15 is 0 Å². The fraction of sp³-hybridized carbons (Fsp3) is 0.316. The van der Waals surface area contributed by atoms with E-state index in [1.54, 1.807) is 0 Å². The fourth-order valence-electron chi connectivity index (χ4n) is 3.07. The van der Waals surface area contributed by atoms with E-state index in [-0.39, 0.29) is 23.2 Å². The van der Waals surface area contributed by atoms with Gasteiger partial charge in [-0.2, -0.15) is 0 Å². The monoisotopic (exact) mass is 339 g/mol. The lowest BCUT2D eigenvalue weighted by atomic mass is 10.0. The average Bonchev–Trinajstić information content (AvgIpc) is 2.63. The molecule has 1 aromatic carbocycles. The van der Waals surface area contributed by atoms with E-state index in [1.165, 1.54) is 23.9 Å². The number of carbonyl (C=O) groups excluding carboxylic acids is 1. The third-order valence-electron chi connectivity index (χ3n) is 4.33. The first-order chi connectivity index (χ1) is 12.1. The summed E-state index contributed by atoms with van der Waals surface area (Å²) in [5.74, 6) is -1.31. The second-order valence-electron chi connectivity index (χ2n) is 6.27. The van der Waals surface area contributed by atoms with Crippen LogP contribution in [0.5, 0.6) is 0 Å². The number of benzene rings is 1. The highest BCUT2D eigenvalue weighted by Gasteiger charge is 2.22. The number of rotatable bonds is 5. The van der Waals surface area contributed by atoms with Crippen molar-refractivity contribution >= 4 is 11.9 Å². The van der Waals surface area contributed by atoms with Gasteiger partial charge in [0.15, 0.2) is 0 Å². The summed E-state index contributed by atoms with van der Waals surface area (Å²) < 4.78 is 0. The number of carboxylic acids is 1. The van der Waals surface area contributed by atoms with E-state index in [2.05, 4.69) is 27.3 Å². The maximum absolute atomic E-state index is 12.3. The molecule has 1 atom stereocenters. The molecule has 0 radical (unpaired) electrons. The Labute approximate surface area is 146 Å². The van der Waals surface area contributed by atoms with Crippen LogP contribution >= 0.6 is 0 Å². The Hall–Kier alpha value is -2.73. The summed E-state index contributed by atoms with van der Waals surface area (Å²) in [6, 6.07) is 13.2. The van der Waals surface area contributed by atoms with Crippen molar-refractivity contribution in [2.45, 2.75) is 25.4 Å². The third kappa shape index (κ3) is 4.64. The summed E-state index contributed by atoms with van der Waals surface area (Å²) in [4.78, 5) is 29.4. The van der Waals surface area contributed by atoms with E-state index in [0.717, 1.165) is 32.5 Å². The number of aromatic nitrogens is 1. The van der Waals surface area contributed by atoms with Crippen molar-refractivity contribution in [3.8, 4) is 0 Å². The Balaban J connectivity index is 1.56. The molecule has 1 fully saturated rings. The number of piperidine rings is 1. The first-order valence-electron chi connectivity index (χ1n) is 8.38. The first kappa shape index (κ1) is 17.1. The van der Waals surface area contributed by atoms with Crippen LogP contribution in [0.15, 0.2) is 48.7 Å². The molecular formula is C19H21N3O3. The number of nitrogens with zero attached hydrogens (tertiary/aromatic N) is 2. The summed E-state index contributed by atoms with van der Waals surface area (Å²) >= 11 is 0. The zero-order valence-electron chi connectivity index (χ0n) is 13.9. The van der Waals surface area contributed by atoms with Gasteiger partial charge in [0.05, 0.1) is 5.56 Å². The molecule has 6 nitrogen and oxygen atoms in total. The number of aromatic carboxylic acids is 1. The first-order valence-corrected chi connectivity index (χ1v) is 8.38. The van der Waals surface area contributed by atoms with Crippen molar-refractivity contribution in [1.29, 1.82) is 0 Å². The van der Waals surface area contributed by atoms with E-state index in [4.69, 9.17) is 5.11 Å². The lowest BCUT2D eigenvalue weighted by Gasteiger charge is -2.33. The van der Waals surface area contributed by atoms with Gasteiger partial charge >= 0.3 is 5.97 Å². The largest absolute Gasteiger partial charge is 0.478 e. The van der Waals surface area contributed by atoms with Gasteiger partial charge in [-0.15, -0.1) is 0 Å². The predicted molar refractivity (Wildman–Crippen MR) is 93.4 cm³/mol. The smallest absolute Gasteiger partial charge is 0.337 e. The van der Waals surface area contributed by atoms with Crippen LogP contribution in [0.4, 0.5) is 0 Å². The topological polar surface area (TPSA) is 82.5 Å². The van der Waals surface area contributed by atoms with E-state index in [1.807, 2.05) is 18.2 Å². The minimum absolute atomic E-state index is 0.0725. The predicted octanol–water partition coefficient (Wildman–Crippen LogP) is 2.17. The Morgan fingerprint density at radius 3 is 2.68 bits per heavy atom.